The Hall–Kier alpha value is -1.93. The molecule has 7 nitrogen and oxygen atoms in total. The van der Waals surface area contributed by atoms with Crippen LogP contribution in [0.5, 0.6) is 0 Å². The summed E-state index contributed by atoms with van der Waals surface area (Å²) in [7, 11) is -3.38. The fourth-order valence-electron chi connectivity index (χ4n) is 1.32. The van der Waals surface area contributed by atoms with Crippen molar-refractivity contribution < 1.29 is 23.1 Å². The van der Waals surface area contributed by atoms with Crippen molar-refractivity contribution in [2.45, 2.75) is 17.4 Å². The Bertz CT molecular complexity index is 597. The molecule has 0 radical (unpaired) electrons. The van der Waals surface area contributed by atoms with Gasteiger partial charge < -0.3 is 16.2 Å². The number of hydrogen-bond acceptors (Lipinski definition) is 5. The molecule has 0 saturated carbocycles. The first-order valence-electron chi connectivity index (χ1n) is 5.28. The second-order valence-electron chi connectivity index (χ2n) is 3.99. The van der Waals surface area contributed by atoms with E-state index in [1.807, 2.05) is 0 Å². The molecule has 0 saturated heterocycles. The number of carbonyl (C=O) groups is 2. The third-order valence-corrected chi connectivity index (χ3v) is 3.37. The minimum Gasteiger partial charge on any atom is -0.481 e. The quantitative estimate of drug-likeness (QED) is 0.689. The molecule has 104 valence electrons. The van der Waals surface area contributed by atoms with Crippen molar-refractivity contribution in [3.8, 4) is 0 Å². The Labute approximate surface area is 110 Å². The zero-order valence-corrected chi connectivity index (χ0v) is 11.0. The van der Waals surface area contributed by atoms with Gasteiger partial charge in [-0.2, -0.15) is 0 Å². The fraction of sp³-hybridized carbons (Fsp3) is 0.273. The minimum absolute atomic E-state index is 0.0529. The summed E-state index contributed by atoms with van der Waals surface area (Å²) in [5, 5.41) is 10.9. The van der Waals surface area contributed by atoms with Crippen molar-refractivity contribution in [3.63, 3.8) is 0 Å². The minimum atomic E-state index is -3.38. The highest BCUT2D eigenvalue weighted by molar-refractivity contribution is 7.90. The lowest BCUT2D eigenvalue weighted by molar-refractivity contribution is -0.138. The van der Waals surface area contributed by atoms with Crippen molar-refractivity contribution in [2.75, 3.05) is 11.6 Å². The predicted molar refractivity (Wildman–Crippen MR) is 68.4 cm³/mol. The summed E-state index contributed by atoms with van der Waals surface area (Å²) in [6, 6.07) is 4.43. The second kappa shape index (κ2) is 5.81. The fourth-order valence-corrected chi connectivity index (χ4v) is 1.99. The van der Waals surface area contributed by atoms with Gasteiger partial charge in [0.05, 0.1) is 17.4 Å². The van der Waals surface area contributed by atoms with E-state index in [-0.39, 0.29) is 10.6 Å². The number of anilines is 1. The smallest absolute Gasteiger partial charge is 0.305 e. The molecule has 1 unspecified atom stereocenters. The van der Waals surface area contributed by atoms with Crippen LogP contribution in [-0.4, -0.2) is 37.7 Å². The average Bonchev–Trinajstić information content (AvgIpc) is 2.27. The Morgan fingerprint density at radius 1 is 1.42 bits per heavy atom. The monoisotopic (exact) mass is 286 g/mol. The van der Waals surface area contributed by atoms with Crippen molar-refractivity contribution in [1.29, 1.82) is 0 Å². The molecule has 1 rings (SSSR count). The third-order valence-electron chi connectivity index (χ3n) is 2.26. The highest BCUT2D eigenvalue weighted by Gasteiger charge is 2.17. The van der Waals surface area contributed by atoms with Crippen LogP contribution in [0.4, 0.5) is 5.69 Å². The maximum Gasteiger partial charge on any atom is 0.305 e. The molecule has 0 fully saturated rings. The molecule has 4 N–H and O–H groups in total. The van der Waals surface area contributed by atoms with E-state index in [0.29, 0.717) is 0 Å². The maximum absolute atomic E-state index is 11.6. The van der Waals surface area contributed by atoms with Gasteiger partial charge in [-0.3, -0.25) is 9.59 Å². The lowest BCUT2D eigenvalue weighted by Gasteiger charge is -2.10. The average molecular weight is 286 g/mol. The number of carboxylic acid groups (broad SMARTS) is 1. The van der Waals surface area contributed by atoms with Crippen molar-refractivity contribution >= 4 is 27.4 Å². The summed E-state index contributed by atoms with van der Waals surface area (Å²) < 4.78 is 22.7. The van der Waals surface area contributed by atoms with Crippen LogP contribution >= 0.6 is 0 Å². The summed E-state index contributed by atoms with van der Waals surface area (Å²) >= 11 is 0. The number of hydrogen-bond donors (Lipinski definition) is 3. The molecule has 0 heterocycles. The van der Waals surface area contributed by atoms with E-state index in [1.165, 1.54) is 24.3 Å². The van der Waals surface area contributed by atoms with Crippen LogP contribution in [0, 0.1) is 0 Å². The highest BCUT2D eigenvalue weighted by atomic mass is 32.2. The van der Waals surface area contributed by atoms with Gasteiger partial charge in [0.2, 0.25) is 5.91 Å². The molecule has 0 aliphatic heterocycles. The van der Waals surface area contributed by atoms with Crippen LogP contribution < -0.4 is 11.1 Å². The third kappa shape index (κ3) is 4.68. The summed E-state index contributed by atoms with van der Waals surface area (Å²) in [6.45, 7) is 0. The summed E-state index contributed by atoms with van der Waals surface area (Å²) in [5.74, 6) is -1.87. The van der Waals surface area contributed by atoms with Crippen LogP contribution in [0.3, 0.4) is 0 Å². The molecule has 8 heteroatoms. The van der Waals surface area contributed by atoms with Gasteiger partial charge in [-0.05, 0) is 18.2 Å². The summed E-state index contributed by atoms with van der Waals surface area (Å²) in [5.41, 5.74) is 5.62. The lowest BCUT2D eigenvalue weighted by Crippen LogP contribution is -2.37. The Morgan fingerprint density at radius 2 is 2.05 bits per heavy atom. The summed E-state index contributed by atoms with van der Waals surface area (Å²) in [4.78, 5) is 22.0. The molecule has 1 atom stereocenters. The number of aliphatic carboxylic acids is 1. The Kier molecular flexibility index (Phi) is 4.62. The van der Waals surface area contributed by atoms with Crippen molar-refractivity contribution in [3.05, 3.63) is 24.3 Å². The largest absolute Gasteiger partial charge is 0.481 e. The van der Waals surface area contributed by atoms with E-state index in [1.54, 1.807) is 0 Å². The first kappa shape index (κ1) is 15.1. The van der Waals surface area contributed by atoms with Crippen LogP contribution in [-0.2, 0) is 19.4 Å². The number of nitrogens with one attached hydrogen (secondary N) is 1. The predicted octanol–water partition coefficient (Wildman–Crippen LogP) is -0.169. The topological polar surface area (TPSA) is 127 Å². The molecular weight excluding hydrogens is 272 g/mol. The van der Waals surface area contributed by atoms with Gasteiger partial charge in [0.15, 0.2) is 9.84 Å². The van der Waals surface area contributed by atoms with E-state index < -0.39 is 34.2 Å². The van der Waals surface area contributed by atoms with Crippen LogP contribution in [0.25, 0.3) is 0 Å². The SMILES string of the molecule is CS(=O)(=O)c1cccc(NC(=O)C(N)CC(=O)O)c1. The first-order valence-corrected chi connectivity index (χ1v) is 7.17. The standard InChI is InChI=1S/C11H14N2O5S/c1-19(17,18)8-4-2-3-7(5-8)13-11(16)9(12)6-10(14)15/h2-5,9H,6,12H2,1H3,(H,13,16)(H,14,15). The molecular formula is C11H14N2O5S. The number of rotatable bonds is 5. The van der Waals surface area contributed by atoms with Gasteiger partial charge in [0.25, 0.3) is 0 Å². The second-order valence-corrected chi connectivity index (χ2v) is 6.01. The van der Waals surface area contributed by atoms with E-state index >= 15 is 0 Å². The van der Waals surface area contributed by atoms with E-state index in [4.69, 9.17) is 10.8 Å². The lowest BCUT2D eigenvalue weighted by atomic mass is 10.2. The number of benzene rings is 1. The van der Waals surface area contributed by atoms with Crippen LogP contribution in [0.15, 0.2) is 29.2 Å². The van der Waals surface area contributed by atoms with E-state index in [0.717, 1.165) is 6.26 Å². The zero-order valence-electron chi connectivity index (χ0n) is 10.2. The Balaban J connectivity index is 2.83. The molecule has 1 aromatic rings. The van der Waals surface area contributed by atoms with Crippen molar-refractivity contribution in [1.82, 2.24) is 0 Å². The van der Waals surface area contributed by atoms with E-state index in [2.05, 4.69) is 5.32 Å². The number of carboxylic acids is 1. The number of sulfone groups is 1. The Morgan fingerprint density at radius 3 is 2.58 bits per heavy atom. The van der Waals surface area contributed by atoms with Gasteiger partial charge in [-0.25, -0.2) is 8.42 Å². The number of nitrogens with two attached hydrogens (primary N) is 1. The molecule has 0 aromatic heterocycles. The zero-order chi connectivity index (χ0) is 14.6. The van der Waals surface area contributed by atoms with Crippen molar-refractivity contribution in [2.24, 2.45) is 5.73 Å². The maximum atomic E-state index is 11.6. The molecule has 1 aromatic carbocycles. The van der Waals surface area contributed by atoms with Gasteiger partial charge in [-0.15, -0.1) is 0 Å². The normalized spacial score (nSPS) is 12.7. The first-order chi connectivity index (χ1) is 8.70. The van der Waals surface area contributed by atoms with Gasteiger partial charge in [0.1, 0.15) is 0 Å². The molecule has 0 aliphatic rings. The van der Waals surface area contributed by atoms with E-state index in [9.17, 15) is 18.0 Å². The van der Waals surface area contributed by atoms with Gasteiger partial charge in [0, 0.05) is 11.9 Å². The number of carbonyl (C=O) groups excluding carboxylic acids is 1. The molecule has 0 spiro atoms. The highest BCUT2D eigenvalue weighted by Crippen LogP contribution is 2.15. The van der Waals surface area contributed by atoms with Crippen LogP contribution in [0.1, 0.15) is 6.42 Å². The number of amides is 1. The molecule has 1 amide bonds. The molecule has 19 heavy (non-hydrogen) atoms. The van der Waals surface area contributed by atoms with Gasteiger partial charge >= 0.3 is 5.97 Å². The molecule has 0 bridgehead atoms. The van der Waals surface area contributed by atoms with Crippen LogP contribution in [0.2, 0.25) is 0 Å². The van der Waals surface area contributed by atoms with Gasteiger partial charge in [-0.1, -0.05) is 6.07 Å². The summed E-state index contributed by atoms with van der Waals surface area (Å²) in [6.07, 6.45) is 0.543. The molecule has 0 aliphatic carbocycles.